The van der Waals surface area contributed by atoms with Gasteiger partial charge in [0.05, 0.1) is 11.3 Å². The molecule has 0 aliphatic carbocycles. The van der Waals surface area contributed by atoms with Crippen molar-refractivity contribution >= 4 is 34.7 Å². The topological polar surface area (TPSA) is 75.9 Å². The fourth-order valence-corrected chi connectivity index (χ4v) is 3.93. The van der Waals surface area contributed by atoms with Gasteiger partial charge in [-0.25, -0.2) is 4.68 Å². The summed E-state index contributed by atoms with van der Waals surface area (Å²) in [4.78, 5) is 14.8. The van der Waals surface area contributed by atoms with Crippen molar-refractivity contribution < 1.29 is 4.79 Å². The third-order valence-corrected chi connectivity index (χ3v) is 5.30. The Balaban J connectivity index is 1.69. The Labute approximate surface area is 181 Å². The van der Waals surface area contributed by atoms with Gasteiger partial charge in [0.15, 0.2) is 0 Å². The van der Waals surface area contributed by atoms with Gasteiger partial charge >= 0.3 is 0 Å². The average molecular weight is 425 g/mol. The molecule has 0 saturated carbocycles. The third-order valence-electron chi connectivity index (χ3n) is 4.39. The standard InChI is InChI=1S/C22H28N6OS/c1-16(2)27(20(29)15-30-21-24-25-26-28(21)22(3,4)5)19-13-11-18(12-14-19)23-17-9-7-6-8-10-17/h6-14,16,23H,15H2,1-5H3. The summed E-state index contributed by atoms with van der Waals surface area (Å²) in [6, 6.07) is 17.9. The van der Waals surface area contributed by atoms with Crippen LogP contribution in [-0.2, 0) is 10.3 Å². The normalized spacial score (nSPS) is 11.5. The molecule has 0 radical (unpaired) electrons. The second kappa shape index (κ2) is 9.30. The first kappa shape index (κ1) is 21.8. The fourth-order valence-electron chi connectivity index (χ4n) is 3.01. The van der Waals surface area contributed by atoms with Gasteiger partial charge in [-0.15, -0.1) is 5.10 Å². The van der Waals surface area contributed by atoms with Crippen molar-refractivity contribution in [3.05, 3.63) is 54.6 Å². The fraction of sp³-hybridized carbons (Fsp3) is 0.364. The van der Waals surface area contributed by atoms with Gasteiger partial charge in [0, 0.05) is 23.1 Å². The Morgan fingerprint density at radius 3 is 2.30 bits per heavy atom. The molecule has 0 spiro atoms. The Kier molecular flexibility index (Phi) is 6.77. The molecule has 0 saturated heterocycles. The number of anilines is 3. The van der Waals surface area contributed by atoms with Gasteiger partial charge in [-0.3, -0.25) is 4.79 Å². The molecule has 0 aliphatic heterocycles. The van der Waals surface area contributed by atoms with Crippen LogP contribution in [-0.4, -0.2) is 37.9 Å². The summed E-state index contributed by atoms with van der Waals surface area (Å²) in [5.41, 5.74) is 2.62. The third kappa shape index (κ3) is 5.38. The van der Waals surface area contributed by atoms with E-state index in [4.69, 9.17) is 0 Å². The van der Waals surface area contributed by atoms with Gasteiger partial charge < -0.3 is 10.2 Å². The lowest BCUT2D eigenvalue weighted by Gasteiger charge is -2.27. The molecule has 30 heavy (non-hydrogen) atoms. The number of thioether (sulfide) groups is 1. The highest BCUT2D eigenvalue weighted by molar-refractivity contribution is 7.99. The lowest BCUT2D eigenvalue weighted by molar-refractivity contribution is -0.116. The van der Waals surface area contributed by atoms with Gasteiger partial charge in [-0.2, -0.15) is 0 Å². The summed E-state index contributed by atoms with van der Waals surface area (Å²) >= 11 is 1.36. The molecule has 158 valence electrons. The predicted molar refractivity (Wildman–Crippen MR) is 122 cm³/mol. The molecular weight excluding hydrogens is 396 g/mol. The molecule has 0 atom stereocenters. The molecule has 7 nitrogen and oxygen atoms in total. The number of aromatic nitrogens is 4. The van der Waals surface area contributed by atoms with Crippen LogP contribution in [0, 0.1) is 0 Å². The number of carbonyl (C=O) groups is 1. The molecule has 8 heteroatoms. The summed E-state index contributed by atoms with van der Waals surface area (Å²) in [6.45, 7) is 10.1. The number of nitrogens with one attached hydrogen (secondary N) is 1. The number of nitrogens with zero attached hydrogens (tertiary/aromatic N) is 5. The van der Waals surface area contributed by atoms with E-state index in [0.717, 1.165) is 17.1 Å². The number of hydrogen-bond donors (Lipinski definition) is 1. The molecule has 1 N–H and O–H groups in total. The minimum Gasteiger partial charge on any atom is -0.356 e. The Morgan fingerprint density at radius 2 is 1.70 bits per heavy atom. The van der Waals surface area contributed by atoms with E-state index in [1.54, 1.807) is 4.68 Å². The van der Waals surface area contributed by atoms with Crippen molar-refractivity contribution in [2.75, 3.05) is 16.0 Å². The van der Waals surface area contributed by atoms with Gasteiger partial charge in [-0.05, 0) is 81.4 Å². The van der Waals surface area contributed by atoms with Crippen LogP contribution in [0.4, 0.5) is 17.1 Å². The van der Waals surface area contributed by atoms with Crippen molar-refractivity contribution in [2.24, 2.45) is 0 Å². The van der Waals surface area contributed by atoms with E-state index in [1.165, 1.54) is 11.8 Å². The quantitative estimate of drug-likeness (QED) is 0.554. The zero-order chi connectivity index (χ0) is 21.7. The number of rotatable bonds is 7. The summed E-state index contributed by atoms with van der Waals surface area (Å²) < 4.78 is 1.74. The maximum absolute atomic E-state index is 13.0. The van der Waals surface area contributed by atoms with E-state index >= 15 is 0 Å². The lowest BCUT2D eigenvalue weighted by Crippen LogP contribution is -2.38. The minimum absolute atomic E-state index is 0.0160. The summed E-state index contributed by atoms with van der Waals surface area (Å²) in [5.74, 6) is 0.279. The number of para-hydroxylation sites is 1. The van der Waals surface area contributed by atoms with Gasteiger partial charge in [0.2, 0.25) is 11.1 Å². The molecular formula is C22H28N6OS. The number of hydrogen-bond acceptors (Lipinski definition) is 6. The van der Waals surface area contributed by atoms with Crippen molar-refractivity contribution in [2.45, 2.75) is 51.4 Å². The van der Waals surface area contributed by atoms with Crippen molar-refractivity contribution in [3.8, 4) is 0 Å². The molecule has 0 bridgehead atoms. The first-order chi connectivity index (χ1) is 14.3. The average Bonchev–Trinajstić information content (AvgIpc) is 3.18. The lowest BCUT2D eigenvalue weighted by atomic mass is 10.1. The molecule has 1 amide bonds. The molecule has 1 heterocycles. The highest BCUT2D eigenvalue weighted by Crippen LogP contribution is 2.26. The Hall–Kier alpha value is -2.87. The molecule has 0 unspecified atom stereocenters. The smallest absolute Gasteiger partial charge is 0.237 e. The van der Waals surface area contributed by atoms with E-state index in [-0.39, 0.29) is 23.2 Å². The molecule has 3 aromatic rings. The second-order valence-electron chi connectivity index (χ2n) is 8.23. The van der Waals surface area contributed by atoms with Crippen LogP contribution >= 0.6 is 11.8 Å². The molecule has 0 aliphatic rings. The van der Waals surface area contributed by atoms with E-state index in [9.17, 15) is 4.79 Å². The Morgan fingerprint density at radius 1 is 1.07 bits per heavy atom. The van der Waals surface area contributed by atoms with Crippen LogP contribution in [0.3, 0.4) is 0 Å². The first-order valence-corrected chi connectivity index (χ1v) is 10.9. The summed E-state index contributed by atoms with van der Waals surface area (Å²) in [6.07, 6.45) is 0. The Bertz CT molecular complexity index is 963. The minimum atomic E-state index is -0.242. The SMILES string of the molecule is CC(C)N(C(=O)CSc1nnnn1C(C)(C)C)c1ccc(Nc2ccccc2)cc1. The van der Waals surface area contributed by atoms with Gasteiger partial charge in [0.25, 0.3) is 0 Å². The zero-order valence-electron chi connectivity index (χ0n) is 18.0. The van der Waals surface area contributed by atoms with E-state index < -0.39 is 0 Å². The molecule has 3 rings (SSSR count). The maximum atomic E-state index is 13.0. The maximum Gasteiger partial charge on any atom is 0.237 e. The predicted octanol–water partition coefficient (Wildman–Crippen LogP) is 4.71. The largest absolute Gasteiger partial charge is 0.356 e. The summed E-state index contributed by atoms with van der Waals surface area (Å²) in [5, 5.41) is 15.9. The first-order valence-electron chi connectivity index (χ1n) is 9.91. The molecule has 1 aromatic heterocycles. The number of tetrazole rings is 1. The van der Waals surface area contributed by atoms with Crippen molar-refractivity contribution in [3.63, 3.8) is 0 Å². The van der Waals surface area contributed by atoms with E-state index in [0.29, 0.717) is 5.16 Å². The van der Waals surface area contributed by atoms with Crippen LogP contribution in [0.25, 0.3) is 0 Å². The molecule has 0 fully saturated rings. The summed E-state index contributed by atoms with van der Waals surface area (Å²) in [7, 11) is 0. The highest BCUT2D eigenvalue weighted by atomic mass is 32.2. The monoisotopic (exact) mass is 424 g/mol. The van der Waals surface area contributed by atoms with Gasteiger partial charge in [-0.1, -0.05) is 30.0 Å². The second-order valence-corrected chi connectivity index (χ2v) is 9.17. The van der Waals surface area contributed by atoms with Crippen molar-refractivity contribution in [1.82, 2.24) is 20.2 Å². The van der Waals surface area contributed by atoms with Crippen LogP contribution < -0.4 is 10.2 Å². The van der Waals surface area contributed by atoms with E-state index in [2.05, 4.69) is 20.8 Å². The number of benzene rings is 2. The van der Waals surface area contributed by atoms with Gasteiger partial charge in [0.1, 0.15) is 0 Å². The van der Waals surface area contributed by atoms with Crippen LogP contribution in [0.2, 0.25) is 0 Å². The number of amides is 1. The van der Waals surface area contributed by atoms with Crippen LogP contribution in [0.1, 0.15) is 34.6 Å². The van der Waals surface area contributed by atoms with Crippen LogP contribution in [0.5, 0.6) is 0 Å². The zero-order valence-corrected chi connectivity index (χ0v) is 18.8. The number of carbonyl (C=O) groups excluding carboxylic acids is 1. The van der Waals surface area contributed by atoms with Crippen LogP contribution in [0.15, 0.2) is 59.8 Å². The highest BCUT2D eigenvalue weighted by Gasteiger charge is 2.23. The molecule has 2 aromatic carbocycles. The van der Waals surface area contributed by atoms with E-state index in [1.807, 2.05) is 94.1 Å². The van der Waals surface area contributed by atoms with Crippen molar-refractivity contribution in [1.29, 1.82) is 0 Å².